The number of methoxy groups -OCH3 is 1. The molecular weight excluding hydrogens is 630 g/mol. The number of amides is 3. The van der Waals surface area contributed by atoms with Gasteiger partial charge >= 0.3 is 5.97 Å². The van der Waals surface area contributed by atoms with E-state index >= 15 is 0 Å². The standard InChI is InChI=1S/C31H43N7O8S/c1-17-18(2)27(19(3)23-14-31(5,6)46-26(17)23)47(43,44)38-30(32)34-11-8-9-24(37-25(40)16-35-20(4)39)28(41)36-15-22-13-21(10-12-33-22)29(42)45-7/h10,12-13,24H,8-9,11,14-16H2,1-7H3,(H,35,39)(H,36,41)(H,37,40)(H3,32,34,38)/t24-/m0/s1. The zero-order chi connectivity index (χ0) is 35.1. The van der Waals surface area contributed by atoms with E-state index in [1.165, 1.54) is 32.4 Å². The van der Waals surface area contributed by atoms with Gasteiger partial charge in [0.1, 0.15) is 17.4 Å². The number of sulfonamides is 1. The first kappa shape index (κ1) is 36.7. The molecule has 0 unspecified atom stereocenters. The van der Waals surface area contributed by atoms with Crippen LogP contribution in [0.25, 0.3) is 0 Å². The second-order valence-electron chi connectivity index (χ2n) is 11.9. The summed E-state index contributed by atoms with van der Waals surface area (Å²) in [6, 6.07) is 1.91. The third-order valence-electron chi connectivity index (χ3n) is 7.60. The van der Waals surface area contributed by atoms with Crippen LogP contribution in [0, 0.1) is 26.2 Å². The van der Waals surface area contributed by atoms with E-state index in [4.69, 9.17) is 14.9 Å². The summed E-state index contributed by atoms with van der Waals surface area (Å²) in [5.41, 5.74) is 2.85. The maximum atomic E-state index is 13.4. The number of esters is 1. The normalized spacial score (nSPS) is 13.8. The monoisotopic (exact) mass is 673 g/mol. The number of nitrogens with one attached hydrogen (secondary N) is 6. The molecule has 1 aromatic heterocycles. The number of guanidine groups is 1. The Labute approximate surface area is 274 Å². The highest BCUT2D eigenvalue weighted by Gasteiger charge is 2.36. The van der Waals surface area contributed by atoms with E-state index in [2.05, 4.69) is 31.0 Å². The van der Waals surface area contributed by atoms with Gasteiger partial charge in [-0.15, -0.1) is 0 Å². The predicted molar refractivity (Wildman–Crippen MR) is 172 cm³/mol. The lowest BCUT2D eigenvalue weighted by Gasteiger charge is -2.20. The summed E-state index contributed by atoms with van der Waals surface area (Å²) < 4.78 is 39.9. The predicted octanol–water partition coefficient (Wildman–Crippen LogP) is 1.03. The van der Waals surface area contributed by atoms with Gasteiger partial charge in [-0.2, -0.15) is 0 Å². The molecule has 1 aliphatic rings. The third kappa shape index (κ3) is 9.64. The molecule has 0 radical (unpaired) electrons. The highest BCUT2D eigenvalue weighted by atomic mass is 32.2. The molecule has 0 fully saturated rings. The van der Waals surface area contributed by atoms with Crippen LogP contribution in [0.4, 0.5) is 0 Å². The zero-order valence-corrected chi connectivity index (χ0v) is 28.5. The molecule has 6 N–H and O–H groups in total. The second-order valence-corrected chi connectivity index (χ2v) is 13.5. The highest BCUT2D eigenvalue weighted by Crippen LogP contribution is 2.43. The number of rotatable bonds is 13. The summed E-state index contributed by atoms with van der Waals surface area (Å²) in [6.07, 6.45) is 2.32. The third-order valence-corrected chi connectivity index (χ3v) is 9.22. The molecule has 15 nitrogen and oxygen atoms in total. The van der Waals surface area contributed by atoms with Crippen molar-refractivity contribution in [1.82, 2.24) is 31.0 Å². The summed E-state index contributed by atoms with van der Waals surface area (Å²) in [5, 5.41) is 18.6. The zero-order valence-electron chi connectivity index (χ0n) is 27.7. The van der Waals surface area contributed by atoms with Gasteiger partial charge in [-0.1, -0.05) is 0 Å². The Bertz CT molecular complexity index is 1670. The summed E-state index contributed by atoms with van der Waals surface area (Å²) in [7, 11) is -2.88. The molecule has 47 heavy (non-hydrogen) atoms. The van der Waals surface area contributed by atoms with Crippen molar-refractivity contribution in [3.63, 3.8) is 0 Å². The van der Waals surface area contributed by atoms with Gasteiger partial charge in [0, 0.05) is 31.6 Å². The van der Waals surface area contributed by atoms with Crippen molar-refractivity contribution in [3.05, 3.63) is 51.8 Å². The van der Waals surface area contributed by atoms with Crippen LogP contribution in [0.5, 0.6) is 5.75 Å². The number of aromatic nitrogens is 1. The van der Waals surface area contributed by atoms with Gasteiger partial charge in [-0.25, -0.2) is 17.9 Å². The first-order chi connectivity index (χ1) is 22.0. The Kier molecular flexibility index (Phi) is 11.9. The average molecular weight is 674 g/mol. The summed E-state index contributed by atoms with van der Waals surface area (Å²) in [6.45, 7) is 10.1. The number of hydrogen-bond donors (Lipinski definition) is 6. The van der Waals surface area contributed by atoms with Crippen molar-refractivity contribution in [3.8, 4) is 5.75 Å². The molecule has 16 heteroatoms. The highest BCUT2D eigenvalue weighted by molar-refractivity contribution is 7.90. The fraction of sp³-hybridized carbons (Fsp3) is 0.484. The van der Waals surface area contributed by atoms with Crippen LogP contribution in [0.15, 0.2) is 23.2 Å². The van der Waals surface area contributed by atoms with Crippen LogP contribution in [-0.4, -0.2) is 74.9 Å². The molecule has 0 spiro atoms. The maximum absolute atomic E-state index is 13.4. The van der Waals surface area contributed by atoms with Crippen molar-refractivity contribution in [2.45, 2.75) is 83.9 Å². The molecule has 1 aliphatic heterocycles. The lowest BCUT2D eigenvalue weighted by molar-refractivity contribution is -0.129. The number of nitrogens with zero attached hydrogens (tertiary/aromatic N) is 1. The fourth-order valence-corrected chi connectivity index (χ4v) is 6.75. The van der Waals surface area contributed by atoms with Crippen LogP contribution in [0.3, 0.4) is 0 Å². The molecule has 0 saturated carbocycles. The number of carbonyl (C=O) groups excluding carboxylic acids is 4. The van der Waals surface area contributed by atoms with Crippen LogP contribution in [-0.2, 0) is 42.1 Å². The van der Waals surface area contributed by atoms with Crippen molar-refractivity contribution < 1.29 is 37.1 Å². The smallest absolute Gasteiger partial charge is 0.337 e. The van der Waals surface area contributed by atoms with Gasteiger partial charge < -0.3 is 30.7 Å². The molecular formula is C31H43N7O8S. The van der Waals surface area contributed by atoms with E-state index in [9.17, 15) is 27.6 Å². The van der Waals surface area contributed by atoms with Crippen LogP contribution in [0.2, 0.25) is 0 Å². The number of pyridine rings is 1. The first-order valence-electron chi connectivity index (χ1n) is 15.0. The lowest BCUT2D eigenvalue weighted by atomic mass is 9.94. The first-order valence-corrected chi connectivity index (χ1v) is 16.5. The Morgan fingerprint density at radius 2 is 1.79 bits per heavy atom. The van der Waals surface area contributed by atoms with Gasteiger partial charge in [-0.05, 0) is 76.3 Å². The average Bonchev–Trinajstić information content (AvgIpc) is 3.34. The van der Waals surface area contributed by atoms with E-state index in [1.807, 2.05) is 20.8 Å². The van der Waals surface area contributed by atoms with Crippen LogP contribution < -0.4 is 30.7 Å². The minimum absolute atomic E-state index is 0.0446. The number of benzene rings is 1. The number of ether oxygens (including phenoxy) is 2. The molecule has 0 saturated heterocycles. The molecule has 1 aromatic carbocycles. The minimum atomic E-state index is -4.13. The number of hydrogen-bond acceptors (Lipinski definition) is 10. The molecule has 0 bridgehead atoms. The van der Waals surface area contributed by atoms with E-state index in [-0.39, 0.29) is 42.9 Å². The SMILES string of the molecule is COC(=O)c1ccnc(CNC(=O)[C@H](CCCNC(=N)NS(=O)(=O)c2c(C)c(C)c3c(c2C)CC(C)(C)O3)NC(=O)CNC(C)=O)c1. The Morgan fingerprint density at radius 1 is 1.09 bits per heavy atom. The van der Waals surface area contributed by atoms with Gasteiger partial charge in [0.2, 0.25) is 23.7 Å². The van der Waals surface area contributed by atoms with Gasteiger partial charge in [-0.3, -0.25) is 24.8 Å². The summed E-state index contributed by atoms with van der Waals surface area (Å²) in [4.78, 5) is 52.7. The van der Waals surface area contributed by atoms with Gasteiger partial charge in [0.25, 0.3) is 10.0 Å². The van der Waals surface area contributed by atoms with Crippen molar-refractivity contribution >= 4 is 39.7 Å². The van der Waals surface area contributed by atoms with Crippen LogP contribution >= 0.6 is 0 Å². The van der Waals surface area contributed by atoms with E-state index < -0.39 is 51.3 Å². The fourth-order valence-electron chi connectivity index (χ4n) is 5.23. The number of carbonyl (C=O) groups is 4. The molecule has 256 valence electrons. The molecule has 3 rings (SSSR count). The van der Waals surface area contributed by atoms with Crippen molar-refractivity contribution in [2.75, 3.05) is 20.2 Å². The minimum Gasteiger partial charge on any atom is -0.487 e. The largest absolute Gasteiger partial charge is 0.487 e. The van der Waals surface area contributed by atoms with Gasteiger partial charge in [0.15, 0.2) is 0 Å². The Hall–Kier alpha value is -4.73. The second kappa shape index (κ2) is 15.2. The van der Waals surface area contributed by atoms with Gasteiger partial charge in [0.05, 0.1) is 36.4 Å². The van der Waals surface area contributed by atoms with Crippen molar-refractivity contribution in [1.29, 1.82) is 5.41 Å². The summed E-state index contributed by atoms with van der Waals surface area (Å²) >= 11 is 0. The lowest BCUT2D eigenvalue weighted by Crippen LogP contribution is -2.49. The number of fused-ring (bicyclic) bond motifs is 1. The quantitative estimate of drug-likeness (QED) is 0.0768. The molecule has 2 aromatic rings. The van der Waals surface area contributed by atoms with E-state index in [0.717, 1.165) is 11.1 Å². The molecule has 0 aliphatic carbocycles. The Morgan fingerprint density at radius 3 is 2.45 bits per heavy atom. The van der Waals surface area contributed by atoms with Crippen molar-refractivity contribution in [2.24, 2.45) is 0 Å². The molecule has 2 heterocycles. The molecule has 1 atom stereocenters. The topological polar surface area (TPSA) is 218 Å². The van der Waals surface area contributed by atoms with E-state index in [1.54, 1.807) is 13.8 Å². The molecule has 3 amide bonds. The summed E-state index contributed by atoms with van der Waals surface area (Å²) in [5.74, 6) is -1.87. The Balaban J connectivity index is 1.62. The maximum Gasteiger partial charge on any atom is 0.337 e. The van der Waals surface area contributed by atoms with Crippen LogP contribution in [0.1, 0.15) is 71.9 Å². The van der Waals surface area contributed by atoms with E-state index in [0.29, 0.717) is 29.0 Å².